The van der Waals surface area contributed by atoms with Crippen molar-refractivity contribution >= 4 is 17.4 Å². The van der Waals surface area contributed by atoms with Crippen molar-refractivity contribution in [1.82, 2.24) is 24.9 Å². The quantitative estimate of drug-likeness (QED) is 0.751. The maximum atomic E-state index is 13.8. The fraction of sp³-hybridized carbons (Fsp3) is 0.400. The molecule has 7 nitrogen and oxygen atoms in total. The molecular weight excluding hydrogens is 359 g/mol. The first-order chi connectivity index (χ1) is 13.4. The fourth-order valence-corrected chi connectivity index (χ4v) is 3.74. The van der Waals surface area contributed by atoms with E-state index in [-0.39, 0.29) is 23.8 Å². The van der Waals surface area contributed by atoms with E-state index in [1.807, 2.05) is 26.8 Å². The van der Waals surface area contributed by atoms with E-state index in [4.69, 9.17) is 4.98 Å². The zero-order chi connectivity index (χ0) is 19.8. The van der Waals surface area contributed by atoms with Gasteiger partial charge in [-0.1, -0.05) is 0 Å². The normalized spacial score (nSPS) is 16.9. The zero-order valence-corrected chi connectivity index (χ0v) is 16.2. The van der Waals surface area contributed by atoms with E-state index in [2.05, 4.69) is 20.3 Å². The molecule has 1 atom stereocenters. The molecule has 4 heterocycles. The highest BCUT2D eigenvalue weighted by molar-refractivity contribution is 5.99. The first-order valence-electron chi connectivity index (χ1n) is 9.48. The molecule has 4 rings (SSSR count). The molecule has 8 heteroatoms. The molecule has 1 amide bonds. The van der Waals surface area contributed by atoms with Crippen molar-refractivity contribution in [2.24, 2.45) is 0 Å². The number of amides is 1. The molecule has 146 valence electrons. The Kier molecular flexibility index (Phi) is 4.70. The Bertz CT molecular complexity index is 1030. The average Bonchev–Trinajstić information content (AvgIpc) is 3.29. The summed E-state index contributed by atoms with van der Waals surface area (Å²) in [5.41, 5.74) is 2.65. The van der Waals surface area contributed by atoms with E-state index in [9.17, 15) is 9.18 Å². The number of nitrogens with zero attached hydrogens (tertiary/aromatic N) is 5. The summed E-state index contributed by atoms with van der Waals surface area (Å²) in [5, 5.41) is 7.11. The Morgan fingerprint density at radius 2 is 2.18 bits per heavy atom. The van der Waals surface area contributed by atoms with Crippen LogP contribution in [0.1, 0.15) is 54.3 Å². The monoisotopic (exact) mass is 382 g/mol. The molecule has 0 aromatic carbocycles. The number of pyridine rings is 1. The minimum Gasteiger partial charge on any atom is -0.350 e. The maximum absolute atomic E-state index is 13.8. The van der Waals surface area contributed by atoms with E-state index in [0.29, 0.717) is 11.2 Å². The van der Waals surface area contributed by atoms with Gasteiger partial charge in [0.1, 0.15) is 17.2 Å². The number of hydrogen-bond acceptors (Lipinski definition) is 5. The summed E-state index contributed by atoms with van der Waals surface area (Å²) in [5.74, 6) is 0.217. The topological polar surface area (TPSA) is 75.4 Å². The minimum atomic E-state index is -0.334. The van der Waals surface area contributed by atoms with Gasteiger partial charge in [0.15, 0.2) is 5.65 Å². The molecule has 3 aromatic heterocycles. The molecule has 0 radical (unpaired) electrons. The van der Waals surface area contributed by atoms with Crippen molar-refractivity contribution in [3.8, 4) is 0 Å². The molecule has 1 saturated heterocycles. The summed E-state index contributed by atoms with van der Waals surface area (Å²) in [6, 6.07) is 3.47. The Morgan fingerprint density at radius 3 is 2.96 bits per heavy atom. The van der Waals surface area contributed by atoms with Crippen LogP contribution in [-0.2, 0) is 0 Å². The van der Waals surface area contributed by atoms with Crippen molar-refractivity contribution in [2.75, 3.05) is 11.4 Å². The van der Waals surface area contributed by atoms with Gasteiger partial charge < -0.3 is 10.2 Å². The summed E-state index contributed by atoms with van der Waals surface area (Å²) in [6.07, 6.45) is 6.46. The molecule has 1 aliphatic heterocycles. The van der Waals surface area contributed by atoms with Gasteiger partial charge in [0.25, 0.3) is 5.91 Å². The van der Waals surface area contributed by atoms with Gasteiger partial charge in [0, 0.05) is 24.5 Å². The minimum absolute atomic E-state index is 0.00834. The van der Waals surface area contributed by atoms with Crippen molar-refractivity contribution in [1.29, 1.82) is 0 Å². The van der Waals surface area contributed by atoms with E-state index in [1.165, 1.54) is 12.4 Å². The van der Waals surface area contributed by atoms with Gasteiger partial charge in [-0.25, -0.2) is 13.9 Å². The SMILES string of the molecule is Cc1ncc(F)cc1[C@@H]1CCCN1c1ccn2ncc(C(=O)NC(C)C)c2n1. The average molecular weight is 382 g/mol. The molecule has 0 bridgehead atoms. The molecule has 1 N–H and O–H groups in total. The highest BCUT2D eigenvalue weighted by Gasteiger charge is 2.29. The van der Waals surface area contributed by atoms with Crippen molar-refractivity contribution < 1.29 is 9.18 Å². The van der Waals surface area contributed by atoms with Crippen molar-refractivity contribution in [3.05, 3.63) is 53.4 Å². The summed E-state index contributed by atoms with van der Waals surface area (Å²) in [4.78, 5) is 23.5. The number of hydrogen-bond donors (Lipinski definition) is 1. The van der Waals surface area contributed by atoms with Crippen molar-refractivity contribution in [3.63, 3.8) is 0 Å². The van der Waals surface area contributed by atoms with Crippen LogP contribution in [0.4, 0.5) is 10.2 Å². The smallest absolute Gasteiger partial charge is 0.256 e. The number of rotatable bonds is 4. The van der Waals surface area contributed by atoms with Crippen LogP contribution in [0.2, 0.25) is 0 Å². The number of carbonyl (C=O) groups excluding carboxylic acids is 1. The first-order valence-corrected chi connectivity index (χ1v) is 9.48. The summed E-state index contributed by atoms with van der Waals surface area (Å²) in [7, 11) is 0. The van der Waals surface area contributed by atoms with Gasteiger partial charge in [0.2, 0.25) is 0 Å². The second-order valence-corrected chi connectivity index (χ2v) is 7.42. The predicted molar refractivity (Wildman–Crippen MR) is 104 cm³/mol. The fourth-order valence-electron chi connectivity index (χ4n) is 3.74. The van der Waals surface area contributed by atoms with E-state index in [0.717, 1.165) is 36.5 Å². The highest BCUT2D eigenvalue weighted by atomic mass is 19.1. The molecule has 28 heavy (non-hydrogen) atoms. The molecular formula is C20H23FN6O. The number of fused-ring (bicyclic) bond motifs is 1. The van der Waals surface area contributed by atoms with Gasteiger partial charge in [-0.2, -0.15) is 5.10 Å². The lowest BCUT2D eigenvalue weighted by Crippen LogP contribution is -2.30. The standard InChI is InChI=1S/C20H23FN6O/c1-12(2)24-20(28)16-11-23-27-8-6-18(25-19(16)27)26-7-4-5-17(26)15-9-14(21)10-22-13(15)3/h6,8-12,17H,4-5,7H2,1-3H3,(H,24,28)/t17-/m0/s1. The van der Waals surface area contributed by atoms with Crippen LogP contribution in [-0.4, -0.2) is 38.1 Å². The van der Waals surface area contributed by atoms with Crippen LogP contribution in [0, 0.1) is 12.7 Å². The molecule has 0 unspecified atom stereocenters. The maximum Gasteiger partial charge on any atom is 0.256 e. The molecule has 1 aliphatic rings. The third kappa shape index (κ3) is 3.30. The Hall–Kier alpha value is -3.03. The molecule has 3 aromatic rings. The molecule has 0 spiro atoms. The van der Waals surface area contributed by atoms with E-state index in [1.54, 1.807) is 16.8 Å². The van der Waals surface area contributed by atoms with Gasteiger partial charge in [0.05, 0.1) is 18.4 Å². The molecule has 0 saturated carbocycles. The largest absolute Gasteiger partial charge is 0.350 e. The van der Waals surface area contributed by atoms with E-state index < -0.39 is 0 Å². The number of anilines is 1. The van der Waals surface area contributed by atoms with Crippen LogP contribution >= 0.6 is 0 Å². The van der Waals surface area contributed by atoms with Gasteiger partial charge in [-0.05, 0) is 51.3 Å². The second kappa shape index (κ2) is 7.18. The predicted octanol–water partition coefficient (Wildman–Crippen LogP) is 3.05. The number of carbonyl (C=O) groups is 1. The molecule has 1 fully saturated rings. The van der Waals surface area contributed by atoms with E-state index >= 15 is 0 Å². The third-order valence-electron chi connectivity index (χ3n) is 5.02. The van der Waals surface area contributed by atoms with Crippen molar-refractivity contribution in [2.45, 2.75) is 45.7 Å². The highest BCUT2D eigenvalue weighted by Crippen LogP contribution is 2.36. The Balaban J connectivity index is 1.72. The third-order valence-corrected chi connectivity index (χ3v) is 5.02. The van der Waals surface area contributed by atoms with Gasteiger partial charge in [-0.15, -0.1) is 0 Å². The van der Waals surface area contributed by atoms with Gasteiger partial charge >= 0.3 is 0 Å². The van der Waals surface area contributed by atoms with Crippen LogP contribution in [0.15, 0.2) is 30.7 Å². The Morgan fingerprint density at radius 1 is 1.36 bits per heavy atom. The zero-order valence-electron chi connectivity index (χ0n) is 16.2. The van der Waals surface area contributed by atoms with Crippen LogP contribution in [0.25, 0.3) is 5.65 Å². The Labute approximate surface area is 162 Å². The van der Waals surface area contributed by atoms with Crippen LogP contribution < -0.4 is 10.2 Å². The van der Waals surface area contributed by atoms with Crippen LogP contribution in [0.5, 0.6) is 0 Å². The van der Waals surface area contributed by atoms with Gasteiger partial charge in [-0.3, -0.25) is 9.78 Å². The number of aryl methyl sites for hydroxylation is 1. The number of nitrogens with one attached hydrogen (secondary N) is 1. The lowest BCUT2D eigenvalue weighted by atomic mass is 10.0. The number of aromatic nitrogens is 4. The first kappa shape index (κ1) is 18.3. The molecule has 0 aliphatic carbocycles. The summed E-state index contributed by atoms with van der Waals surface area (Å²) < 4.78 is 15.4. The summed E-state index contributed by atoms with van der Waals surface area (Å²) in [6.45, 7) is 6.53. The lowest BCUT2D eigenvalue weighted by Gasteiger charge is -2.27. The summed E-state index contributed by atoms with van der Waals surface area (Å²) >= 11 is 0. The number of halogens is 1. The second-order valence-electron chi connectivity index (χ2n) is 7.42. The van der Waals surface area contributed by atoms with Crippen LogP contribution in [0.3, 0.4) is 0 Å². The lowest BCUT2D eigenvalue weighted by molar-refractivity contribution is 0.0944.